The molecule has 3 amide bonds. The molecule has 0 radical (unpaired) electrons. The fourth-order valence-corrected chi connectivity index (χ4v) is 5.14. The third-order valence-electron chi connectivity index (χ3n) is 7.00. The second-order valence-electron chi connectivity index (χ2n) is 11.1. The summed E-state index contributed by atoms with van der Waals surface area (Å²) in [4.78, 5) is 45.5. The Morgan fingerprint density at radius 2 is 1.56 bits per heavy atom. The van der Waals surface area contributed by atoms with Crippen LogP contribution in [0.4, 0.5) is 0 Å². The van der Waals surface area contributed by atoms with Crippen molar-refractivity contribution in [2.24, 2.45) is 5.41 Å². The number of rotatable bonds is 5. The molecule has 0 unspecified atom stereocenters. The van der Waals surface area contributed by atoms with E-state index in [2.05, 4.69) is 20.8 Å². The van der Waals surface area contributed by atoms with Gasteiger partial charge in [0.15, 0.2) is 0 Å². The predicted octanol–water partition coefficient (Wildman–Crippen LogP) is 3.94. The van der Waals surface area contributed by atoms with Crippen molar-refractivity contribution in [3.63, 3.8) is 0 Å². The van der Waals surface area contributed by atoms with E-state index in [1.807, 2.05) is 53.4 Å². The molecule has 0 aliphatic carbocycles. The van der Waals surface area contributed by atoms with E-state index in [4.69, 9.17) is 4.74 Å². The van der Waals surface area contributed by atoms with E-state index in [0.29, 0.717) is 44.5 Å². The SMILES string of the molecule is CN(Cc1ccccc1)C(=O)[C@@H]1COC2(CCN(C(=O)CC(C)(C)C)CC2)N1C(=O)c1ccccc1. The number of carbonyl (C=O) groups is 3. The summed E-state index contributed by atoms with van der Waals surface area (Å²) in [5.74, 6) is -0.244. The fraction of sp³-hybridized carbons (Fsp3) is 0.483. The van der Waals surface area contributed by atoms with Gasteiger partial charge in [-0.15, -0.1) is 0 Å². The maximum Gasteiger partial charge on any atom is 0.256 e. The first-order valence-corrected chi connectivity index (χ1v) is 12.7. The Morgan fingerprint density at radius 3 is 2.14 bits per heavy atom. The summed E-state index contributed by atoms with van der Waals surface area (Å²) < 4.78 is 6.32. The van der Waals surface area contributed by atoms with E-state index >= 15 is 0 Å². The van der Waals surface area contributed by atoms with Gasteiger partial charge in [0, 0.05) is 51.5 Å². The fourth-order valence-electron chi connectivity index (χ4n) is 5.14. The molecule has 2 aromatic carbocycles. The molecule has 0 bridgehead atoms. The van der Waals surface area contributed by atoms with Gasteiger partial charge in [-0.3, -0.25) is 19.3 Å². The third-order valence-corrected chi connectivity index (χ3v) is 7.00. The van der Waals surface area contributed by atoms with Crippen LogP contribution < -0.4 is 0 Å². The summed E-state index contributed by atoms with van der Waals surface area (Å²) in [5.41, 5.74) is 0.552. The van der Waals surface area contributed by atoms with Gasteiger partial charge < -0.3 is 14.5 Å². The van der Waals surface area contributed by atoms with Crippen molar-refractivity contribution in [3.8, 4) is 0 Å². The van der Waals surface area contributed by atoms with Gasteiger partial charge in [0.2, 0.25) is 11.8 Å². The molecule has 4 rings (SSSR count). The number of amides is 3. The van der Waals surface area contributed by atoms with Crippen molar-refractivity contribution >= 4 is 17.7 Å². The number of benzene rings is 2. The molecule has 36 heavy (non-hydrogen) atoms. The van der Waals surface area contributed by atoms with Crippen LogP contribution in [0.1, 0.15) is 56.0 Å². The molecule has 7 heteroatoms. The first-order chi connectivity index (χ1) is 17.1. The maximum absolute atomic E-state index is 13.8. The molecule has 1 spiro atoms. The molecule has 2 heterocycles. The Morgan fingerprint density at radius 1 is 0.972 bits per heavy atom. The van der Waals surface area contributed by atoms with E-state index in [9.17, 15) is 14.4 Å². The Bertz CT molecular complexity index is 1070. The van der Waals surface area contributed by atoms with Crippen molar-refractivity contribution in [3.05, 3.63) is 71.8 Å². The topological polar surface area (TPSA) is 70.2 Å². The summed E-state index contributed by atoms with van der Waals surface area (Å²) >= 11 is 0. The Labute approximate surface area is 214 Å². The summed E-state index contributed by atoms with van der Waals surface area (Å²) in [6, 6.07) is 18.1. The molecule has 0 aromatic heterocycles. The minimum absolute atomic E-state index is 0.0910. The molecular formula is C29H37N3O4. The van der Waals surface area contributed by atoms with Crippen LogP contribution >= 0.6 is 0 Å². The average molecular weight is 492 g/mol. The van der Waals surface area contributed by atoms with Crippen LogP contribution in [0.3, 0.4) is 0 Å². The lowest BCUT2D eigenvalue weighted by atomic mass is 9.90. The second kappa shape index (κ2) is 10.4. The number of ether oxygens (including phenoxy) is 1. The Kier molecular flexibility index (Phi) is 7.50. The van der Waals surface area contributed by atoms with Crippen LogP contribution in [0.2, 0.25) is 0 Å². The van der Waals surface area contributed by atoms with Crippen LogP contribution in [0.5, 0.6) is 0 Å². The van der Waals surface area contributed by atoms with E-state index in [-0.39, 0.29) is 29.7 Å². The standard InChI is InChI=1S/C29H37N3O4/c1-28(2,3)19-25(33)31-17-15-29(16-18-31)32(26(34)23-13-9-6-10-14-23)24(21-36-29)27(35)30(4)20-22-11-7-5-8-12-22/h5-14,24H,15-21H2,1-4H3/t24-/m0/s1. The van der Waals surface area contributed by atoms with Crippen LogP contribution in [-0.4, -0.2) is 70.9 Å². The number of piperidine rings is 1. The minimum Gasteiger partial charge on any atom is -0.353 e. The number of hydrogen-bond donors (Lipinski definition) is 0. The van der Waals surface area contributed by atoms with E-state index in [0.717, 1.165) is 5.56 Å². The third kappa shape index (κ3) is 5.62. The van der Waals surface area contributed by atoms with Gasteiger partial charge >= 0.3 is 0 Å². The highest BCUT2D eigenvalue weighted by molar-refractivity contribution is 5.98. The number of likely N-dealkylation sites (N-methyl/N-ethyl adjacent to an activating group) is 1. The van der Waals surface area contributed by atoms with Gasteiger partial charge in [-0.05, 0) is 23.1 Å². The lowest BCUT2D eigenvalue weighted by molar-refractivity contribution is -0.146. The van der Waals surface area contributed by atoms with Crippen molar-refractivity contribution in [1.29, 1.82) is 0 Å². The van der Waals surface area contributed by atoms with E-state index in [1.54, 1.807) is 29.0 Å². The highest BCUT2D eigenvalue weighted by Gasteiger charge is 2.54. The average Bonchev–Trinajstić information content (AvgIpc) is 3.21. The van der Waals surface area contributed by atoms with E-state index in [1.165, 1.54) is 0 Å². The number of likely N-dealkylation sites (tertiary alicyclic amines) is 1. The number of nitrogens with zero attached hydrogens (tertiary/aromatic N) is 3. The van der Waals surface area contributed by atoms with Crippen LogP contribution in [0.25, 0.3) is 0 Å². The van der Waals surface area contributed by atoms with Gasteiger partial charge in [0.25, 0.3) is 5.91 Å². The van der Waals surface area contributed by atoms with Crippen LogP contribution in [-0.2, 0) is 20.9 Å². The monoisotopic (exact) mass is 491 g/mol. The predicted molar refractivity (Wildman–Crippen MR) is 138 cm³/mol. The molecule has 0 saturated carbocycles. The Hall–Kier alpha value is -3.19. The van der Waals surface area contributed by atoms with Gasteiger partial charge in [-0.25, -0.2) is 0 Å². The zero-order valence-electron chi connectivity index (χ0n) is 21.8. The van der Waals surface area contributed by atoms with Gasteiger partial charge in [0.05, 0.1) is 6.61 Å². The lowest BCUT2D eigenvalue weighted by Gasteiger charge is -2.45. The first-order valence-electron chi connectivity index (χ1n) is 12.7. The molecular weight excluding hydrogens is 454 g/mol. The highest BCUT2D eigenvalue weighted by Crippen LogP contribution is 2.39. The largest absolute Gasteiger partial charge is 0.353 e. The second-order valence-corrected chi connectivity index (χ2v) is 11.1. The maximum atomic E-state index is 13.8. The Balaban J connectivity index is 1.56. The van der Waals surface area contributed by atoms with Crippen LogP contribution in [0, 0.1) is 5.41 Å². The van der Waals surface area contributed by atoms with E-state index < -0.39 is 11.8 Å². The molecule has 2 aliphatic rings. The summed E-state index contributed by atoms with van der Waals surface area (Å²) in [6.45, 7) is 7.75. The zero-order valence-corrected chi connectivity index (χ0v) is 21.8. The molecule has 192 valence electrons. The first kappa shape index (κ1) is 25.9. The van der Waals surface area contributed by atoms with Crippen molar-refractivity contribution in [2.75, 3.05) is 26.7 Å². The molecule has 2 fully saturated rings. The lowest BCUT2D eigenvalue weighted by Crippen LogP contribution is -2.60. The van der Waals surface area contributed by atoms with Crippen molar-refractivity contribution < 1.29 is 19.1 Å². The molecule has 1 atom stereocenters. The van der Waals surface area contributed by atoms with Crippen LogP contribution in [0.15, 0.2) is 60.7 Å². The van der Waals surface area contributed by atoms with Gasteiger partial charge in [-0.2, -0.15) is 0 Å². The molecule has 2 aromatic rings. The summed E-state index contributed by atoms with van der Waals surface area (Å²) in [7, 11) is 1.76. The summed E-state index contributed by atoms with van der Waals surface area (Å²) in [6.07, 6.45) is 1.43. The quantitative estimate of drug-likeness (QED) is 0.635. The summed E-state index contributed by atoms with van der Waals surface area (Å²) in [5, 5.41) is 0. The smallest absolute Gasteiger partial charge is 0.256 e. The van der Waals surface area contributed by atoms with Crippen molar-refractivity contribution in [2.45, 2.75) is 58.3 Å². The van der Waals surface area contributed by atoms with Crippen molar-refractivity contribution in [1.82, 2.24) is 14.7 Å². The minimum atomic E-state index is -0.903. The van der Waals surface area contributed by atoms with Gasteiger partial charge in [0.1, 0.15) is 11.8 Å². The highest BCUT2D eigenvalue weighted by atomic mass is 16.5. The number of carbonyl (C=O) groups excluding carboxylic acids is 3. The van der Waals surface area contributed by atoms with Gasteiger partial charge in [-0.1, -0.05) is 69.3 Å². The zero-order chi connectivity index (χ0) is 25.9. The molecule has 0 N–H and O–H groups in total. The molecule has 7 nitrogen and oxygen atoms in total. The molecule has 2 saturated heterocycles. The normalized spacial score (nSPS) is 19.4. The molecule has 2 aliphatic heterocycles. The number of hydrogen-bond acceptors (Lipinski definition) is 4.